The van der Waals surface area contributed by atoms with Crippen LogP contribution in [0.2, 0.25) is 0 Å². The van der Waals surface area contributed by atoms with Crippen molar-refractivity contribution >= 4 is 24.7 Å². The van der Waals surface area contributed by atoms with Gasteiger partial charge >= 0.3 is 173 Å². The Morgan fingerprint density at radius 1 is 0.621 bits per heavy atom. The predicted octanol–water partition coefficient (Wildman–Crippen LogP) is 5.75. The zero-order valence-corrected chi connectivity index (χ0v) is 20.7. The monoisotopic (exact) mass is 429 g/mol. The summed E-state index contributed by atoms with van der Waals surface area (Å²) < 4.78 is 0. The van der Waals surface area contributed by atoms with Gasteiger partial charge in [-0.1, -0.05) is 6.92 Å². The molecule has 0 heterocycles. The zero-order chi connectivity index (χ0) is 22.0. The van der Waals surface area contributed by atoms with Gasteiger partial charge in [0.15, 0.2) is 0 Å². The summed E-state index contributed by atoms with van der Waals surface area (Å²) in [5.74, 6) is 0.111. The van der Waals surface area contributed by atoms with Crippen LogP contribution in [0.25, 0.3) is 0 Å². The van der Waals surface area contributed by atoms with Crippen molar-refractivity contribution in [3.63, 3.8) is 0 Å². The Balaban J connectivity index is 4.31. The molecule has 1 amide bonds. The Morgan fingerprint density at radius 2 is 1.07 bits per heavy atom. The molecular weight excluding hydrogens is 381 g/mol. The Bertz CT molecular complexity index is 443. The van der Waals surface area contributed by atoms with E-state index in [0.29, 0.717) is 12.8 Å². The van der Waals surface area contributed by atoms with Gasteiger partial charge in [-0.05, 0) is 0 Å². The number of hydrogen-bond donors (Lipinski definition) is 1. The van der Waals surface area contributed by atoms with E-state index >= 15 is 0 Å². The summed E-state index contributed by atoms with van der Waals surface area (Å²) in [4.78, 5) is 35.1. The van der Waals surface area contributed by atoms with Crippen LogP contribution in [0.5, 0.6) is 0 Å². The molecule has 0 spiro atoms. The van der Waals surface area contributed by atoms with Crippen LogP contribution in [-0.4, -0.2) is 48.7 Å². The number of Topliss-reactive ketones (excluding diaryl/α,β-unsaturated/α-hetero) is 2. The molecule has 5 heteroatoms. The summed E-state index contributed by atoms with van der Waals surface area (Å²) in [6.45, 7) is 9.42. The minimum absolute atomic E-state index is 0.0204. The second-order valence-corrected chi connectivity index (χ2v) is 13.7. The minimum atomic E-state index is -1.23. The van der Waals surface area contributed by atoms with Gasteiger partial charge in [0.25, 0.3) is 0 Å². The van der Waals surface area contributed by atoms with Gasteiger partial charge in [-0.2, -0.15) is 0 Å². The molecule has 0 saturated carbocycles. The SMILES string of the molecule is CCCC[PH](CCCC)(CCCC)CCCNC(=O)CCC(=O)CCC(=O)CC. The van der Waals surface area contributed by atoms with Crippen molar-refractivity contribution < 1.29 is 14.4 Å². The number of ketones is 2. The number of amides is 1. The molecule has 0 aliphatic heterocycles. The molecular formula is C24H48NO3P. The van der Waals surface area contributed by atoms with E-state index in [2.05, 4.69) is 26.1 Å². The Kier molecular flexibility index (Phi) is 17.6. The molecule has 0 atom stereocenters. The van der Waals surface area contributed by atoms with Gasteiger partial charge in [0.1, 0.15) is 0 Å². The van der Waals surface area contributed by atoms with Crippen molar-refractivity contribution in [2.24, 2.45) is 0 Å². The Morgan fingerprint density at radius 3 is 1.55 bits per heavy atom. The number of carbonyl (C=O) groups is 3. The molecule has 0 aromatic heterocycles. The van der Waals surface area contributed by atoms with Crippen LogP contribution in [0.3, 0.4) is 0 Å². The van der Waals surface area contributed by atoms with Crippen LogP contribution in [-0.2, 0) is 14.4 Å². The van der Waals surface area contributed by atoms with Crippen molar-refractivity contribution in [2.75, 3.05) is 31.2 Å². The first-order valence-electron chi connectivity index (χ1n) is 12.2. The number of hydrogen-bond acceptors (Lipinski definition) is 3. The summed E-state index contributed by atoms with van der Waals surface area (Å²) in [6.07, 6.45) is 16.2. The van der Waals surface area contributed by atoms with E-state index in [-0.39, 0.29) is 36.7 Å². The summed E-state index contributed by atoms with van der Waals surface area (Å²) in [5, 5.41) is 3.02. The van der Waals surface area contributed by atoms with Crippen LogP contribution in [0.4, 0.5) is 0 Å². The second kappa shape index (κ2) is 18.0. The predicted molar refractivity (Wildman–Crippen MR) is 129 cm³/mol. The van der Waals surface area contributed by atoms with Crippen molar-refractivity contribution in [1.29, 1.82) is 0 Å². The van der Waals surface area contributed by atoms with Gasteiger partial charge in [0.2, 0.25) is 0 Å². The summed E-state index contributed by atoms with van der Waals surface area (Å²) in [5.41, 5.74) is 0. The van der Waals surface area contributed by atoms with Crippen LogP contribution in [0, 0.1) is 0 Å². The van der Waals surface area contributed by atoms with Gasteiger partial charge < -0.3 is 0 Å². The Labute approximate surface area is 180 Å². The maximum absolute atomic E-state index is 12.1. The van der Waals surface area contributed by atoms with Gasteiger partial charge in [-0.3, -0.25) is 0 Å². The third kappa shape index (κ3) is 14.8. The average Bonchev–Trinajstić information content (AvgIpc) is 2.74. The fourth-order valence-corrected chi connectivity index (χ4v) is 9.76. The molecule has 172 valence electrons. The minimum Gasteiger partial charge on any atom is -0.0584 e. The Hall–Kier alpha value is -0.760. The number of carbonyl (C=O) groups excluding carboxylic acids is 3. The molecule has 0 aromatic rings. The summed E-state index contributed by atoms with van der Waals surface area (Å²) in [6, 6.07) is 0. The molecule has 0 saturated heterocycles. The van der Waals surface area contributed by atoms with Crippen molar-refractivity contribution in [3.8, 4) is 0 Å². The number of nitrogens with one attached hydrogen (secondary N) is 1. The molecule has 0 fully saturated rings. The van der Waals surface area contributed by atoms with E-state index in [4.69, 9.17) is 0 Å². The quantitative estimate of drug-likeness (QED) is 0.198. The fourth-order valence-electron chi connectivity index (χ4n) is 4.02. The van der Waals surface area contributed by atoms with E-state index in [1.165, 1.54) is 63.2 Å². The van der Waals surface area contributed by atoms with Gasteiger partial charge in [0.05, 0.1) is 0 Å². The molecule has 0 radical (unpaired) electrons. The second-order valence-electron chi connectivity index (χ2n) is 8.70. The van der Waals surface area contributed by atoms with Gasteiger partial charge in [-0.25, -0.2) is 0 Å². The smallest absolute Gasteiger partial charge is 0.0584 e. The molecule has 4 nitrogen and oxygen atoms in total. The van der Waals surface area contributed by atoms with Crippen molar-refractivity contribution in [3.05, 3.63) is 0 Å². The average molecular weight is 430 g/mol. The fraction of sp³-hybridized carbons (Fsp3) is 0.875. The number of unbranched alkanes of at least 4 members (excludes halogenated alkanes) is 3. The summed E-state index contributed by atoms with van der Waals surface area (Å²) in [7, 11) is -1.23. The van der Waals surface area contributed by atoms with E-state index in [1.807, 2.05) is 6.92 Å². The van der Waals surface area contributed by atoms with E-state index in [9.17, 15) is 14.4 Å². The van der Waals surface area contributed by atoms with E-state index in [1.54, 1.807) is 0 Å². The first-order chi connectivity index (χ1) is 13.9. The molecule has 1 N–H and O–H groups in total. The first-order valence-corrected chi connectivity index (χ1v) is 15.1. The van der Waals surface area contributed by atoms with Crippen LogP contribution in [0.1, 0.15) is 105 Å². The molecule has 0 unspecified atom stereocenters. The molecule has 29 heavy (non-hydrogen) atoms. The maximum atomic E-state index is 12.1. The van der Waals surface area contributed by atoms with Gasteiger partial charge in [0, 0.05) is 0 Å². The normalized spacial score (nSPS) is 12.0. The molecule has 0 rings (SSSR count). The third-order valence-electron chi connectivity index (χ3n) is 6.10. The van der Waals surface area contributed by atoms with Crippen LogP contribution >= 0.6 is 7.26 Å². The standard InChI is InChI=1S/C24H48NO3P/c1-5-9-18-29(19-10-6-2,20-11-7-3)21-12-17-25-24(28)16-15-23(27)14-13-22(26)8-4/h29H,5-21H2,1-4H3,(H,25,28). The van der Waals surface area contributed by atoms with E-state index in [0.717, 1.165) is 13.0 Å². The topological polar surface area (TPSA) is 63.2 Å². The zero-order valence-electron chi connectivity index (χ0n) is 19.7. The van der Waals surface area contributed by atoms with Gasteiger partial charge in [-0.15, -0.1) is 0 Å². The van der Waals surface area contributed by atoms with Crippen molar-refractivity contribution in [2.45, 2.75) is 105 Å². The van der Waals surface area contributed by atoms with Crippen LogP contribution in [0.15, 0.2) is 0 Å². The molecule has 0 aromatic carbocycles. The number of rotatable bonds is 20. The van der Waals surface area contributed by atoms with E-state index < -0.39 is 7.26 Å². The first kappa shape index (κ1) is 28.2. The molecule has 0 bridgehead atoms. The molecule has 0 aliphatic rings. The van der Waals surface area contributed by atoms with Crippen molar-refractivity contribution in [1.82, 2.24) is 5.32 Å². The summed E-state index contributed by atoms with van der Waals surface area (Å²) >= 11 is 0. The third-order valence-corrected chi connectivity index (χ3v) is 11.8. The molecule has 0 aliphatic carbocycles. The van der Waals surface area contributed by atoms with Crippen LogP contribution < -0.4 is 5.32 Å².